The maximum absolute atomic E-state index is 12.1. The number of piperidine rings is 1. The Balaban J connectivity index is 1.23. The first-order chi connectivity index (χ1) is 12.8. The second kappa shape index (κ2) is 6.74. The first-order valence-corrected chi connectivity index (χ1v) is 10.5. The molecule has 2 aromatic rings. The Hall–Kier alpha value is -1.80. The van der Waals surface area contributed by atoms with Crippen LogP contribution in [0.25, 0.3) is 0 Å². The van der Waals surface area contributed by atoms with E-state index in [1.54, 1.807) is 11.3 Å². The van der Waals surface area contributed by atoms with E-state index in [0.29, 0.717) is 24.0 Å². The van der Waals surface area contributed by atoms with Gasteiger partial charge in [-0.3, -0.25) is 9.69 Å². The molecule has 1 amide bonds. The Morgan fingerprint density at radius 2 is 2.00 bits per heavy atom. The smallest absolute Gasteiger partial charge is 0.223 e. The van der Waals surface area contributed by atoms with Crippen LogP contribution in [0.5, 0.6) is 0 Å². The summed E-state index contributed by atoms with van der Waals surface area (Å²) in [7, 11) is 0. The molecule has 2 bridgehead atoms. The Morgan fingerprint density at radius 3 is 2.69 bits per heavy atom. The monoisotopic (exact) mass is 372 g/mol. The molecule has 3 fully saturated rings. The van der Waals surface area contributed by atoms with E-state index in [2.05, 4.69) is 43.3 Å². The molecule has 26 heavy (non-hydrogen) atoms. The van der Waals surface area contributed by atoms with E-state index in [-0.39, 0.29) is 5.91 Å². The molecule has 0 aromatic carbocycles. The van der Waals surface area contributed by atoms with Crippen LogP contribution >= 0.6 is 11.3 Å². The number of tetrazole rings is 1. The van der Waals surface area contributed by atoms with Gasteiger partial charge in [0.1, 0.15) is 0 Å². The number of carbonyl (C=O) groups excluding carboxylic acids is 1. The van der Waals surface area contributed by atoms with Crippen LogP contribution in [0.4, 0.5) is 0 Å². The molecule has 138 valence electrons. The van der Waals surface area contributed by atoms with Crippen LogP contribution < -0.4 is 5.32 Å². The average Bonchev–Trinajstić information content (AvgIpc) is 3.12. The molecule has 1 N–H and O–H groups in total. The highest BCUT2D eigenvalue weighted by Crippen LogP contribution is 2.37. The fourth-order valence-corrected chi connectivity index (χ4v) is 5.17. The third-order valence-electron chi connectivity index (χ3n) is 5.99. The molecule has 1 aliphatic carbocycles. The van der Waals surface area contributed by atoms with E-state index in [1.165, 1.54) is 17.7 Å². The summed E-state index contributed by atoms with van der Waals surface area (Å²) in [5.41, 5.74) is 0. The molecule has 8 heteroatoms. The van der Waals surface area contributed by atoms with Crippen LogP contribution in [-0.4, -0.2) is 49.1 Å². The number of nitrogens with one attached hydrogen (secondary N) is 1. The van der Waals surface area contributed by atoms with Crippen molar-refractivity contribution in [3.05, 3.63) is 28.2 Å². The number of hydrogen-bond acceptors (Lipinski definition) is 6. The van der Waals surface area contributed by atoms with Crippen LogP contribution in [0.1, 0.15) is 49.2 Å². The van der Waals surface area contributed by atoms with Gasteiger partial charge in [0, 0.05) is 28.9 Å². The summed E-state index contributed by atoms with van der Waals surface area (Å²) in [6.07, 6.45) is 6.69. The van der Waals surface area contributed by atoms with E-state index < -0.39 is 0 Å². The number of rotatable bonds is 6. The van der Waals surface area contributed by atoms with Gasteiger partial charge in [-0.1, -0.05) is 6.07 Å². The minimum absolute atomic E-state index is 0.280. The Bertz CT molecular complexity index is 757. The summed E-state index contributed by atoms with van der Waals surface area (Å²) in [5.74, 6) is 1.52. The van der Waals surface area contributed by atoms with E-state index in [0.717, 1.165) is 44.6 Å². The van der Waals surface area contributed by atoms with Gasteiger partial charge < -0.3 is 5.32 Å². The number of carbonyl (C=O) groups is 1. The summed E-state index contributed by atoms with van der Waals surface area (Å²) in [5, 5.41) is 17.7. The molecule has 2 aromatic heterocycles. The van der Waals surface area contributed by atoms with Gasteiger partial charge >= 0.3 is 0 Å². The second-order valence-electron chi connectivity index (χ2n) is 7.84. The molecule has 3 aliphatic rings. The van der Waals surface area contributed by atoms with Crippen molar-refractivity contribution in [2.45, 2.75) is 69.7 Å². The molecule has 2 atom stereocenters. The summed E-state index contributed by atoms with van der Waals surface area (Å²) in [4.78, 5) is 15.9. The highest BCUT2D eigenvalue weighted by molar-refractivity contribution is 7.09. The molecule has 4 heterocycles. The molecule has 0 spiro atoms. The van der Waals surface area contributed by atoms with Gasteiger partial charge in [-0.25, -0.2) is 4.68 Å². The summed E-state index contributed by atoms with van der Waals surface area (Å²) < 4.78 is 1.92. The molecular formula is C18H24N6OS. The zero-order chi connectivity index (χ0) is 17.5. The van der Waals surface area contributed by atoms with Gasteiger partial charge in [0.25, 0.3) is 0 Å². The third-order valence-corrected chi connectivity index (χ3v) is 6.86. The summed E-state index contributed by atoms with van der Waals surface area (Å²) in [6, 6.07) is 5.59. The van der Waals surface area contributed by atoms with E-state index >= 15 is 0 Å². The predicted octanol–water partition coefficient (Wildman–Crippen LogP) is 1.80. The van der Waals surface area contributed by atoms with Crippen molar-refractivity contribution in [2.24, 2.45) is 5.92 Å². The lowest BCUT2D eigenvalue weighted by atomic mass is 9.97. The molecule has 2 aliphatic heterocycles. The minimum Gasteiger partial charge on any atom is -0.353 e. The lowest BCUT2D eigenvalue weighted by Gasteiger charge is -2.38. The van der Waals surface area contributed by atoms with Crippen molar-refractivity contribution >= 4 is 17.2 Å². The highest BCUT2D eigenvalue weighted by Gasteiger charge is 2.42. The maximum Gasteiger partial charge on any atom is 0.223 e. The number of hydrogen-bond donors (Lipinski definition) is 1. The number of aromatic nitrogens is 4. The van der Waals surface area contributed by atoms with Crippen molar-refractivity contribution in [3.63, 3.8) is 0 Å². The number of amides is 1. The molecule has 0 radical (unpaired) electrons. The van der Waals surface area contributed by atoms with Crippen LogP contribution in [0.15, 0.2) is 17.5 Å². The van der Waals surface area contributed by atoms with Gasteiger partial charge in [-0.15, -0.1) is 16.4 Å². The fraction of sp³-hybridized carbons (Fsp3) is 0.667. The Labute approximate surface area is 156 Å². The topological polar surface area (TPSA) is 75.9 Å². The number of nitrogens with zero attached hydrogens (tertiary/aromatic N) is 5. The molecule has 2 unspecified atom stereocenters. The minimum atomic E-state index is 0.280. The number of thiophene rings is 1. The fourth-order valence-electron chi connectivity index (χ4n) is 4.49. The summed E-state index contributed by atoms with van der Waals surface area (Å²) >= 11 is 1.73. The Kier molecular flexibility index (Phi) is 4.24. The lowest BCUT2D eigenvalue weighted by Crippen LogP contribution is -2.50. The molecule has 2 saturated heterocycles. The molecule has 1 saturated carbocycles. The quantitative estimate of drug-likeness (QED) is 0.837. The van der Waals surface area contributed by atoms with Gasteiger partial charge in [0.15, 0.2) is 5.82 Å². The predicted molar refractivity (Wildman–Crippen MR) is 97.5 cm³/mol. The van der Waals surface area contributed by atoms with Gasteiger partial charge in [-0.05, 0) is 60.4 Å². The second-order valence-corrected chi connectivity index (χ2v) is 8.87. The van der Waals surface area contributed by atoms with Crippen molar-refractivity contribution < 1.29 is 4.79 Å². The van der Waals surface area contributed by atoms with Crippen LogP contribution in [0, 0.1) is 5.92 Å². The number of fused-ring (bicyclic) bond motifs is 2. The zero-order valence-electron chi connectivity index (χ0n) is 14.8. The Morgan fingerprint density at radius 1 is 1.19 bits per heavy atom. The van der Waals surface area contributed by atoms with Gasteiger partial charge in [0.2, 0.25) is 5.91 Å². The van der Waals surface area contributed by atoms with E-state index in [9.17, 15) is 4.79 Å². The maximum atomic E-state index is 12.1. The van der Waals surface area contributed by atoms with Crippen LogP contribution in [0.3, 0.4) is 0 Å². The zero-order valence-corrected chi connectivity index (χ0v) is 15.6. The molecule has 7 nitrogen and oxygen atoms in total. The van der Waals surface area contributed by atoms with Crippen molar-refractivity contribution in [3.8, 4) is 0 Å². The SMILES string of the molecule is O=C(NC1CC2CCC(C1)N2Cc1nnnn1Cc1cccs1)C1CC1. The van der Waals surface area contributed by atoms with Crippen LogP contribution in [-0.2, 0) is 17.9 Å². The normalized spacial score (nSPS) is 28.4. The standard InChI is InChI=1S/C18H24N6OS/c25-18(12-3-4-12)19-13-8-14-5-6-15(9-13)23(14)11-17-20-21-22-24(17)10-16-2-1-7-26-16/h1-2,7,12-15H,3-6,8-11H2,(H,19,25). The van der Waals surface area contributed by atoms with E-state index in [4.69, 9.17) is 0 Å². The largest absolute Gasteiger partial charge is 0.353 e. The van der Waals surface area contributed by atoms with Crippen molar-refractivity contribution in [1.82, 2.24) is 30.4 Å². The molecule has 5 rings (SSSR count). The summed E-state index contributed by atoms with van der Waals surface area (Å²) in [6.45, 7) is 1.54. The van der Waals surface area contributed by atoms with Gasteiger partial charge in [-0.2, -0.15) is 0 Å². The van der Waals surface area contributed by atoms with E-state index in [1.807, 2.05) is 4.68 Å². The van der Waals surface area contributed by atoms with Crippen molar-refractivity contribution in [1.29, 1.82) is 0 Å². The van der Waals surface area contributed by atoms with Gasteiger partial charge in [0.05, 0.1) is 13.1 Å². The highest BCUT2D eigenvalue weighted by atomic mass is 32.1. The average molecular weight is 372 g/mol. The lowest BCUT2D eigenvalue weighted by molar-refractivity contribution is -0.123. The third kappa shape index (κ3) is 3.27. The molecular weight excluding hydrogens is 348 g/mol. The first kappa shape index (κ1) is 16.4. The first-order valence-electron chi connectivity index (χ1n) is 9.60. The van der Waals surface area contributed by atoms with Crippen molar-refractivity contribution in [2.75, 3.05) is 0 Å². The van der Waals surface area contributed by atoms with Crippen LogP contribution in [0.2, 0.25) is 0 Å².